The maximum atomic E-state index is 11.8. The van der Waals surface area contributed by atoms with Gasteiger partial charge in [0.15, 0.2) is 0 Å². The second-order valence-electron chi connectivity index (χ2n) is 5.65. The van der Waals surface area contributed by atoms with Crippen molar-refractivity contribution in [3.8, 4) is 0 Å². The quantitative estimate of drug-likeness (QED) is 0.849. The number of piperidine rings is 1. The average Bonchev–Trinajstić information content (AvgIpc) is 2.50. The van der Waals surface area contributed by atoms with Crippen LogP contribution >= 0.6 is 0 Å². The van der Waals surface area contributed by atoms with Crippen LogP contribution < -0.4 is 0 Å². The van der Waals surface area contributed by atoms with Crippen LogP contribution in [-0.2, 0) is 11.3 Å². The summed E-state index contributed by atoms with van der Waals surface area (Å²) in [5.74, 6) is 0. The van der Waals surface area contributed by atoms with Crippen molar-refractivity contribution in [2.24, 2.45) is 0 Å². The first-order valence-corrected chi connectivity index (χ1v) is 7.52. The van der Waals surface area contributed by atoms with Gasteiger partial charge in [-0.15, -0.1) is 0 Å². The third-order valence-corrected chi connectivity index (χ3v) is 4.25. The van der Waals surface area contributed by atoms with Crippen LogP contribution in [0.25, 0.3) is 0 Å². The molecule has 0 aromatic heterocycles. The number of hydrogen-bond acceptors (Lipinski definition) is 3. The minimum absolute atomic E-state index is 0.113. The molecule has 0 bridgehead atoms. The molecular formula is C16H22N2O2. The zero-order valence-electron chi connectivity index (χ0n) is 11.8. The van der Waals surface area contributed by atoms with Gasteiger partial charge in [0, 0.05) is 32.2 Å². The van der Waals surface area contributed by atoms with E-state index in [4.69, 9.17) is 4.74 Å². The standard InChI is InChI=1S/C16H22N2O2/c19-16-18(9-4-12-20-16)15-7-10-17(11-8-15)13-14-5-2-1-3-6-14/h1-3,5-6,15H,4,7-13H2. The predicted molar refractivity (Wildman–Crippen MR) is 77.4 cm³/mol. The van der Waals surface area contributed by atoms with Crippen molar-refractivity contribution in [3.63, 3.8) is 0 Å². The van der Waals surface area contributed by atoms with Gasteiger partial charge in [0.2, 0.25) is 0 Å². The number of amides is 1. The molecule has 3 rings (SSSR count). The summed E-state index contributed by atoms with van der Waals surface area (Å²) in [7, 11) is 0. The molecule has 2 saturated heterocycles. The van der Waals surface area contributed by atoms with Gasteiger partial charge < -0.3 is 9.64 Å². The van der Waals surface area contributed by atoms with Crippen molar-refractivity contribution in [3.05, 3.63) is 35.9 Å². The Balaban J connectivity index is 1.50. The Morgan fingerprint density at radius 2 is 1.85 bits per heavy atom. The van der Waals surface area contributed by atoms with Crippen molar-refractivity contribution < 1.29 is 9.53 Å². The van der Waals surface area contributed by atoms with Gasteiger partial charge in [-0.1, -0.05) is 30.3 Å². The molecular weight excluding hydrogens is 252 g/mol. The predicted octanol–water partition coefficient (Wildman–Crippen LogP) is 2.49. The summed E-state index contributed by atoms with van der Waals surface area (Å²) in [5, 5.41) is 0. The van der Waals surface area contributed by atoms with Gasteiger partial charge in [0.1, 0.15) is 0 Å². The molecule has 2 heterocycles. The number of carbonyl (C=O) groups excluding carboxylic acids is 1. The van der Waals surface area contributed by atoms with E-state index in [1.54, 1.807) is 0 Å². The Morgan fingerprint density at radius 1 is 1.10 bits per heavy atom. The van der Waals surface area contributed by atoms with Crippen LogP contribution in [0.1, 0.15) is 24.8 Å². The molecule has 108 valence electrons. The van der Waals surface area contributed by atoms with E-state index >= 15 is 0 Å². The second-order valence-corrected chi connectivity index (χ2v) is 5.65. The van der Waals surface area contributed by atoms with E-state index in [0.717, 1.165) is 45.4 Å². The first-order chi connectivity index (χ1) is 9.83. The molecule has 4 heteroatoms. The highest BCUT2D eigenvalue weighted by Gasteiger charge is 2.30. The number of cyclic esters (lactones) is 1. The molecule has 1 amide bonds. The van der Waals surface area contributed by atoms with E-state index in [-0.39, 0.29) is 6.09 Å². The number of likely N-dealkylation sites (tertiary alicyclic amines) is 1. The van der Waals surface area contributed by atoms with Crippen molar-refractivity contribution in [2.45, 2.75) is 31.8 Å². The molecule has 0 unspecified atom stereocenters. The highest BCUT2D eigenvalue weighted by Crippen LogP contribution is 2.21. The molecule has 0 aliphatic carbocycles. The van der Waals surface area contributed by atoms with Crippen LogP contribution in [0, 0.1) is 0 Å². The minimum Gasteiger partial charge on any atom is -0.449 e. The second kappa shape index (κ2) is 6.27. The number of ether oxygens (including phenoxy) is 1. The smallest absolute Gasteiger partial charge is 0.410 e. The number of rotatable bonds is 3. The van der Waals surface area contributed by atoms with Gasteiger partial charge in [0.25, 0.3) is 0 Å². The zero-order chi connectivity index (χ0) is 13.8. The van der Waals surface area contributed by atoms with Crippen LogP contribution in [0.3, 0.4) is 0 Å². The summed E-state index contributed by atoms with van der Waals surface area (Å²) in [5.41, 5.74) is 1.36. The van der Waals surface area contributed by atoms with Gasteiger partial charge in [0.05, 0.1) is 6.61 Å². The van der Waals surface area contributed by atoms with Crippen LogP contribution in [0.4, 0.5) is 4.79 Å². The van der Waals surface area contributed by atoms with Crippen molar-refractivity contribution in [1.82, 2.24) is 9.80 Å². The summed E-state index contributed by atoms with van der Waals surface area (Å²) >= 11 is 0. The topological polar surface area (TPSA) is 32.8 Å². The Bertz CT molecular complexity index is 441. The summed E-state index contributed by atoms with van der Waals surface area (Å²) in [6.07, 6.45) is 2.97. The molecule has 1 aromatic carbocycles. The maximum absolute atomic E-state index is 11.8. The van der Waals surface area contributed by atoms with Crippen LogP contribution in [0.15, 0.2) is 30.3 Å². The van der Waals surface area contributed by atoms with Gasteiger partial charge >= 0.3 is 6.09 Å². The van der Waals surface area contributed by atoms with Crippen LogP contribution in [0.5, 0.6) is 0 Å². The molecule has 2 fully saturated rings. The van der Waals surface area contributed by atoms with E-state index in [2.05, 4.69) is 35.2 Å². The summed E-state index contributed by atoms with van der Waals surface area (Å²) in [6.45, 7) is 4.58. The van der Waals surface area contributed by atoms with E-state index in [1.165, 1.54) is 5.56 Å². The minimum atomic E-state index is -0.113. The third kappa shape index (κ3) is 3.12. The average molecular weight is 274 g/mol. The zero-order valence-corrected chi connectivity index (χ0v) is 11.8. The SMILES string of the molecule is O=C1OCCCN1C1CCN(Cc2ccccc2)CC1. The third-order valence-electron chi connectivity index (χ3n) is 4.25. The highest BCUT2D eigenvalue weighted by atomic mass is 16.6. The highest BCUT2D eigenvalue weighted by molar-refractivity contribution is 5.68. The Labute approximate surface area is 120 Å². The molecule has 0 N–H and O–H groups in total. The van der Waals surface area contributed by atoms with Crippen molar-refractivity contribution >= 4 is 6.09 Å². The molecule has 0 saturated carbocycles. The summed E-state index contributed by atoms with van der Waals surface area (Å²) in [4.78, 5) is 16.2. The summed E-state index contributed by atoms with van der Waals surface area (Å²) < 4.78 is 5.14. The van der Waals surface area contributed by atoms with Gasteiger partial charge in [-0.25, -0.2) is 4.79 Å². The lowest BCUT2D eigenvalue weighted by Crippen LogP contribution is -2.49. The number of carbonyl (C=O) groups is 1. The van der Waals surface area contributed by atoms with E-state index < -0.39 is 0 Å². The molecule has 2 aliphatic heterocycles. The Morgan fingerprint density at radius 3 is 2.55 bits per heavy atom. The fourth-order valence-electron chi connectivity index (χ4n) is 3.13. The van der Waals surface area contributed by atoms with Gasteiger partial charge in [-0.3, -0.25) is 4.90 Å². The molecule has 20 heavy (non-hydrogen) atoms. The van der Waals surface area contributed by atoms with Crippen molar-refractivity contribution in [2.75, 3.05) is 26.2 Å². The van der Waals surface area contributed by atoms with Crippen LogP contribution in [-0.4, -0.2) is 48.2 Å². The first-order valence-electron chi connectivity index (χ1n) is 7.52. The van der Waals surface area contributed by atoms with E-state index in [9.17, 15) is 4.79 Å². The van der Waals surface area contributed by atoms with Crippen molar-refractivity contribution in [1.29, 1.82) is 0 Å². The summed E-state index contributed by atoms with van der Waals surface area (Å²) in [6, 6.07) is 11.0. The molecule has 0 spiro atoms. The lowest BCUT2D eigenvalue weighted by atomic mass is 10.0. The molecule has 0 radical (unpaired) electrons. The fourth-order valence-corrected chi connectivity index (χ4v) is 3.13. The first kappa shape index (κ1) is 13.4. The van der Waals surface area contributed by atoms with E-state index in [0.29, 0.717) is 12.6 Å². The largest absolute Gasteiger partial charge is 0.449 e. The fraction of sp³-hybridized carbons (Fsp3) is 0.562. The lowest BCUT2D eigenvalue weighted by Gasteiger charge is -2.39. The molecule has 4 nitrogen and oxygen atoms in total. The van der Waals surface area contributed by atoms with Crippen LogP contribution in [0.2, 0.25) is 0 Å². The van der Waals surface area contributed by atoms with Gasteiger partial charge in [-0.2, -0.15) is 0 Å². The molecule has 2 aliphatic rings. The Hall–Kier alpha value is -1.55. The maximum Gasteiger partial charge on any atom is 0.410 e. The molecule has 1 aromatic rings. The Kier molecular flexibility index (Phi) is 4.21. The number of nitrogens with zero attached hydrogens (tertiary/aromatic N) is 2. The van der Waals surface area contributed by atoms with Gasteiger partial charge in [-0.05, 0) is 24.8 Å². The number of benzene rings is 1. The monoisotopic (exact) mass is 274 g/mol. The lowest BCUT2D eigenvalue weighted by molar-refractivity contribution is 0.0368. The normalized spacial score (nSPS) is 21.8. The van der Waals surface area contributed by atoms with E-state index in [1.807, 2.05) is 4.90 Å². The number of hydrogen-bond donors (Lipinski definition) is 0. The molecule has 0 atom stereocenters.